The Morgan fingerprint density at radius 1 is 1.32 bits per heavy atom. The SMILES string of the molecule is CC(C)[C@H](N)C(=O)OC1COC1.O=S(=O)(O)c1ccccc1. The van der Waals surface area contributed by atoms with Crippen molar-refractivity contribution in [3.8, 4) is 0 Å². The lowest BCUT2D eigenvalue weighted by atomic mass is 10.1. The van der Waals surface area contributed by atoms with E-state index in [9.17, 15) is 13.2 Å². The summed E-state index contributed by atoms with van der Waals surface area (Å²) in [6.45, 7) is 4.81. The fraction of sp³-hybridized carbons (Fsp3) is 0.500. The van der Waals surface area contributed by atoms with Crippen molar-refractivity contribution in [1.29, 1.82) is 0 Å². The predicted octanol–water partition coefficient (Wildman–Crippen LogP) is 0.845. The monoisotopic (exact) mass is 331 g/mol. The zero-order chi connectivity index (χ0) is 16.8. The maximum atomic E-state index is 11.2. The van der Waals surface area contributed by atoms with Gasteiger partial charge in [-0.25, -0.2) is 0 Å². The lowest BCUT2D eigenvalue weighted by Crippen LogP contribution is -2.44. The van der Waals surface area contributed by atoms with E-state index >= 15 is 0 Å². The number of nitrogens with two attached hydrogens (primary N) is 1. The summed E-state index contributed by atoms with van der Waals surface area (Å²) in [5.41, 5.74) is 5.57. The largest absolute Gasteiger partial charge is 0.456 e. The van der Waals surface area contributed by atoms with Crippen LogP contribution in [0.5, 0.6) is 0 Å². The zero-order valence-electron chi connectivity index (χ0n) is 12.5. The first-order valence-electron chi connectivity index (χ1n) is 6.78. The minimum Gasteiger partial charge on any atom is -0.456 e. The van der Waals surface area contributed by atoms with Gasteiger partial charge < -0.3 is 15.2 Å². The molecule has 1 aromatic carbocycles. The van der Waals surface area contributed by atoms with Gasteiger partial charge >= 0.3 is 5.97 Å². The van der Waals surface area contributed by atoms with Crippen molar-refractivity contribution in [3.05, 3.63) is 30.3 Å². The van der Waals surface area contributed by atoms with Crippen molar-refractivity contribution < 1.29 is 27.2 Å². The minimum atomic E-state index is -4.00. The molecule has 0 radical (unpaired) electrons. The fourth-order valence-electron chi connectivity index (χ4n) is 1.39. The van der Waals surface area contributed by atoms with Gasteiger partial charge in [-0.1, -0.05) is 32.0 Å². The molecular weight excluding hydrogens is 310 g/mol. The predicted molar refractivity (Wildman–Crippen MR) is 79.8 cm³/mol. The molecule has 2 rings (SSSR count). The summed E-state index contributed by atoms with van der Waals surface area (Å²) in [6.07, 6.45) is -0.0673. The molecule has 0 aromatic heterocycles. The van der Waals surface area contributed by atoms with Crippen LogP contribution in [-0.2, 0) is 24.4 Å². The van der Waals surface area contributed by atoms with Gasteiger partial charge in [-0.15, -0.1) is 0 Å². The normalized spacial score (nSPS) is 16.2. The highest BCUT2D eigenvalue weighted by Gasteiger charge is 2.26. The maximum absolute atomic E-state index is 11.2. The summed E-state index contributed by atoms with van der Waals surface area (Å²) in [4.78, 5) is 11.1. The van der Waals surface area contributed by atoms with Gasteiger partial charge in [-0.05, 0) is 18.1 Å². The van der Waals surface area contributed by atoms with Crippen LogP contribution in [0.3, 0.4) is 0 Å². The number of esters is 1. The van der Waals surface area contributed by atoms with Crippen LogP contribution in [0.25, 0.3) is 0 Å². The summed E-state index contributed by atoms with van der Waals surface area (Å²) < 4.78 is 39.1. The Morgan fingerprint density at radius 2 is 1.86 bits per heavy atom. The zero-order valence-corrected chi connectivity index (χ0v) is 13.3. The number of carbonyl (C=O) groups excluding carboxylic acids is 1. The smallest absolute Gasteiger partial charge is 0.323 e. The van der Waals surface area contributed by atoms with Gasteiger partial charge in [0.25, 0.3) is 10.1 Å². The van der Waals surface area contributed by atoms with Crippen LogP contribution in [0.15, 0.2) is 35.2 Å². The van der Waals surface area contributed by atoms with Gasteiger partial charge in [0.2, 0.25) is 0 Å². The molecule has 1 aliphatic heterocycles. The maximum Gasteiger partial charge on any atom is 0.323 e. The first-order chi connectivity index (χ1) is 10.2. The van der Waals surface area contributed by atoms with Crippen LogP contribution in [0.1, 0.15) is 13.8 Å². The van der Waals surface area contributed by atoms with Crippen LogP contribution < -0.4 is 5.73 Å². The van der Waals surface area contributed by atoms with Crippen LogP contribution in [0, 0.1) is 5.92 Å². The van der Waals surface area contributed by atoms with Crippen molar-refractivity contribution in [3.63, 3.8) is 0 Å². The summed E-state index contributed by atoms with van der Waals surface area (Å²) in [5, 5.41) is 0. The Balaban J connectivity index is 0.000000224. The van der Waals surface area contributed by atoms with E-state index in [4.69, 9.17) is 19.8 Å². The summed E-state index contributed by atoms with van der Waals surface area (Å²) in [7, 11) is -4.00. The van der Waals surface area contributed by atoms with E-state index in [1.165, 1.54) is 12.1 Å². The number of benzene rings is 1. The molecule has 0 saturated carbocycles. The third-order valence-electron chi connectivity index (χ3n) is 2.92. The highest BCUT2D eigenvalue weighted by atomic mass is 32.2. The van der Waals surface area contributed by atoms with E-state index in [0.717, 1.165) is 0 Å². The number of hydrogen-bond donors (Lipinski definition) is 2. The van der Waals surface area contributed by atoms with Gasteiger partial charge in [0, 0.05) is 0 Å². The molecule has 0 spiro atoms. The summed E-state index contributed by atoms with van der Waals surface area (Å²) >= 11 is 0. The molecule has 3 N–H and O–H groups in total. The Morgan fingerprint density at radius 3 is 2.18 bits per heavy atom. The molecule has 22 heavy (non-hydrogen) atoms. The topological polar surface area (TPSA) is 116 Å². The minimum absolute atomic E-state index is 0.0673. The lowest BCUT2D eigenvalue weighted by molar-refractivity contribution is -0.174. The molecule has 1 saturated heterocycles. The van der Waals surface area contributed by atoms with Crippen molar-refractivity contribution in [2.75, 3.05) is 13.2 Å². The molecule has 0 aliphatic carbocycles. The van der Waals surface area contributed by atoms with Crippen molar-refractivity contribution in [2.24, 2.45) is 11.7 Å². The molecule has 124 valence electrons. The molecule has 1 heterocycles. The van der Waals surface area contributed by atoms with Crippen LogP contribution in [-0.4, -0.2) is 44.3 Å². The molecule has 7 nitrogen and oxygen atoms in total. The molecule has 0 bridgehead atoms. The van der Waals surface area contributed by atoms with E-state index in [1.807, 2.05) is 13.8 Å². The third-order valence-corrected chi connectivity index (χ3v) is 3.79. The van der Waals surface area contributed by atoms with Crippen molar-refractivity contribution in [1.82, 2.24) is 0 Å². The number of carbonyl (C=O) groups is 1. The molecule has 0 unspecified atom stereocenters. The molecule has 1 atom stereocenters. The summed E-state index contributed by atoms with van der Waals surface area (Å²) in [5.74, 6) is -0.197. The Bertz CT molecular complexity index is 568. The second kappa shape index (κ2) is 8.23. The fourth-order valence-corrected chi connectivity index (χ4v) is 1.89. The van der Waals surface area contributed by atoms with Crippen LogP contribution >= 0.6 is 0 Å². The third kappa shape index (κ3) is 6.10. The van der Waals surface area contributed by atoms with Gasteiger partial charge in [0.15, 0.2) is 0 Å². The van der Waals surface area contributed by atoms with Crippen LogP contribution in [0.4, 0.5) is 0 Å². The Hall–Kier alpha value is -1.48. The number of ether oxygens (including phenoxy) is 2. The molecule has 1 fully saturated rings. The van der Waals surface area contributed by atoms with E-state index in [-0.39, 0.29) is 22.9 Å². The standard InChI is InChI=1S/C8H15NO3.C6H6O3S/c1-5(2)7(9)8(10)12-6-3-11-4-6;7-10(8,9)6-4-2-1-3-5-6/h5-7H,3-4,9H2,1-2H3;1-5H,(H,7,8,9)/t7-;/m0./s1. The molecule has 0 amide bonds. The van der Waals surface area contributed by atoms with E-state index < -0.39 is 16.2 Å². The molecule has 1 aromatic rings. The van der Waals surface area contributed by atoms with Gasteiger partial charge in [0.1, 0.15) is 12.1 Å². The summed E-state index contributed by atoms with van der Waals surface area (Å²) in [6, 6.07) is 6.91. The molecule has 8 heteroatoms. The van der Waals surface area contributed by atoms with Gasteiger partial charge in [0.05, 0.1) is 18.1 Å². The van der Waals surface area contributed by atoms with Crippen LogP contribution in [0.2, 0.25) is 0 Å². The Kier molecular flexibility index (Phi) is 6.95. The average Bonchev–Trinajstić information content (AvgIpc) is 2.42. The first kappa shape index (κ1) is 18.6. The highest BCUT2D eigenvalue weighted by Crippen LogP contribution is 2.09. The van der Waals surface area contributed by atoms with Crippen molar-refractivity contribution >= 4 is 16.1 Å². The first-order valence-corrected chi connectivity index (χ1v) is 8.22. The van der Waals surface area contributed by atoms with E-state index in [1.54, 1.807) is 18.2 Å². The average molecular weight is 331 g/mol. The second-order valence-corrected chi connectivity index (χ2v) is 6.58. The number of rotatable bonds is 4. The quantitative estimate of drug-likeness (QED) is 0.620. The van der Waals surface area contributed by atoms with E-state index in [2.05, 4.69) is 0 Å². The number of hydrogen-bond acceptors (Lipinski definition) is 6. The van der Waals surface area contributed by atoms with Gasteiger partial charge in [-0.3, -0.25) is 9.35 Å². The second-order valence-electron chi connectivity index (χ2n) is 5.15. The highest BCUT2D eigenvalue weighted by molar-refractivity contribution is 7.85. The van der Waals surface area contributed by atoms with E-state index in [0.29, 0.717) is 13.2 Å². The van der Waals surface area contributed by atoms with Gasteiger partial charge in [-0.2, -0.15) is 8.42 Å². The molecule has 1 aliphatic rings. The lowest BCUT2D eigenvalue weighted by Gasteiger charge is -2.27. The molecular formula is C14H21NO6S. The van der Waals surface area contributed by atoms with Crippen molar-refractivity contribution in [2.45, 2.75) is 30.9 Å². The Labute approximate surface area is 130 Å².